The molecular weight excluding hydrogens is 378 g/mol. The van der Waals surface area contributed by atoms with Crippen LogP contribution in [-0.2, 0) is 9.53 Å². The molecule has 1 atom stereocenters. The number of hydrogen-bond acceptors (Lipinski definition) is 4. The highest BCUT2D eigenvalue weighted by Gasteiger charge is 2.20. The molecule has 0 unspecified atom stereocenters. The number of nitrogens with one attached hydrogen (secondary N) is 1. The Morgan fingerprint density at radius 2 is 1.40 bits per heavy atom. The van der Waals surface area contributed by atoms with Gasteiger partial charge in [0.05, 0.1) is 5.56 Å². The van der Waals surface area contributed by atoms with Gasteiger partial charge >= 0.3 is 5.97 Å². The summed E-state index contributed by atoms with van der Waals surface area (Å²) < 4.78 is 5.35. The molecule has 154 valence electrons. The number of aromatic hydroxyl groups is 1. The Bertz CT molecular complexity index is 1020. The summed E-state index contributed by atoms with van der Waals surface area (Å²) >= 11 is 0. The van der Waals surface area contributed by atoms with Gasteiger partial charge in [0.1, 0.15) is 5.75 Å². The van der Waals surface area contributed by atoms with E-state index in [4.69, 9.17) is 4.74 Å². The van der Waals surface area contributed by atoms with Crippen LogP contribution in [0, 0.1) is 0 Å². The summed E-state index contributed by atoms with van der Waals surface area (Å²) in [4.78, 5) is 25.0. The van der Waals surface area contributed by atoms with Crippen LogP contribution in [0.4, 0.5) is 5.69 Å². The van der Waals surface area contributed by atoms with E-state index in [-0.39, 0.29) is 17.6 Å². The van der Waals surface area contributed by atoms with E-state index in [0.717, 1.165) is 22.4 Å². The third-order valence-corrected chi connectivity index (χ3v) is 4.81. The van der Waals surface area contributed by atoms with Crippen LogP contribution < -0.4 is 5.32 Å². The molecule has 0 spiro atoms. The predicted molar refractivity (Wildman–Crippen MR) is 118 cm³/mol. The van der Waals surface area contributed by atoms with Crippen molar-refractivity contribution in [2.75, 3.05) is 5.32 Å². The molecule has 0 aliphatic rings. The predicted octanol–water partition coefficient (Wildman–Crippen LogP) is 5.37. The highest BCUT2D eigenvalue weighted by atomic mass is 16.5. The number of carbonyl (C=O) groups excluding carboxylic acids is 2. The van der Waals surface area contributed by atoms with E-state index in [1.54, 1.807) is 55.5 Å². The number of benzene rings is 3. The first-order valence-corrected chi connectivity index (χ1v) is 9.85. The van der Waals surface area contributed by atoms with Crippen molar-refractivity contribution in [2.45, 2.75) is 32.8 Å². The second-order valence-corrected chi connectivity index (χ2v) is 7.40. The molecule has 1 amide bonds. The first-order valence-electron chi connectivity index (χ1n) is 9.85. The van der Waals surface area contributed by atoms with Crippen LogP contribution in [0.25, 0.3) is 11.1 Å². The molecule has 3 aromatic rings. The van der Waals surface area contributed by atoms with E-state index >= 15 is 0 Å². The minimum absolute atomic E-state index is 0.197. The fourth-order valence-electron chi connectivity index (χ4n) is 3.08. The number of rotatable bonds is 6. The van der Waals surface area contributed by atoms with Crippen LogP contribution >= 0.6 is 0 Å². The van der Waals surface area contributed by atoms with E-state index < -0.39 is 12.1 Å². The molecule has 5 nitrogen and oxygen atoms in total. The Balaban J connectivity index is 1.64. The minimum atomic E-state index is -0.936. The zero-order valence-corrected chi connectivity index (χ0v) is 17.3. The number of ether oxygens (including phenoxy) is 1. The molecule has 0 aromatic heterocycles. The smallest absolute Gasteiger partial charge is 0.338 e. The van der Waals surface area contributed by atoms with Gasteiger partial charge in [-0.1, -0.05) is 56.3 Å². The number of anilines is 1. The van der Waals surface area contributed by atoms with Crippen LogP contribution in [0.3, 0.4) is 0 Å². The number of esters is 1. The van der Waals surface area contributed by atoms with E-state index in [1.165, 1.54) is 0 Å². The van der Waals surface area contributed by atoms with Gasteiger partial charge in [0.25, 0.3) is 5.91 Å². The summed E-state index contributed by atoms with van der Waals surface area (Å²) in [5, 5.41) is 12.2. The van der Waals surface area contributed by atoms with Crippen molar-refractivity contribution < 1.29 is 19.4 Å². The summed E-state index contributed by atoms with van der Waals surface area (Å²) in [6.07, 6.45) is -0.936. The molecule has 0 bridgehead atoms. The highest BCUT2D eigenvalue weighted by molar-refractivity contribution is 5.98. The third-order valence-electron chi connectivity index (χ3n) is 4.81. The largest absolute Gasteiger partial charge is 0.508 e. The number of phenols is 1. The molecule has 3 rings (SSSR count). The van der Waals surface area contributed by atoms with Crippen LogP contribution in [0.1, 0.15) is 42.6 Å². The number of hydrogen-bond donors (Lipinski definition) is 2. The molecule has 0 fully saturated rings. The topological polar surface area (TPSA) is 75.6 Å². The molecule has 2 N–H and O–H groups in total. The second kappa shape index (κ2) is 9.27. The molecule has 3 aromatic carbocycles. The number of amides is 1. The van der Waals surface area contributed by atoms with Gasteiger partial charge in [-0.05, 0) is 59.9 Å². The van der Waals surface area contributed by atoms with Crippen molar-refractivity contribution in [1.29, 1.82) is 0 Å². The third kappa shape index (κ3) is 5.06. The zero-order chi connectivity index (χ0) is 21.7. The molecule has 30 heavy (non-hydrogen) atoms. The number of para-hydroxylation sites is 1. The van der Waals surface area contributed by atoms with Gasteiger partial charge in [0.2, 0.25) is 0 Å². The average Bonchev–Trinajstić information content (AvgIpc) is 2.74. The zero-order valence-electron chi connectivity index (χ0n) is 17.3. The van der Waals surface area contributed by atoms with Crippen molar-refractivity contribution in [1.82, 2.24) is 0 Å². The van der Waals surface area contributed by atoms with Crippen molar-refractivity contribution >= 4 is 17.6 Å². The molecular formula is C25H25NO4. The molecule has 0 saturated carbocycles. The Labute approximate surface area is 176 Å². The quantitative estimate of drug-likeness (QED) is 0.543. The maximum absolute atomic E-state index is 12.5. The molecule has 0 aliphatic heterocycles. The monoisotopic (exact) mass is 403 g/mol. The SMILES string of the molecule is CC(C)c1ccccc1NC(=O)[C@@H](C)OC(=O)c1ccc(-c2ccc(O)cc2)cc1. The molecule has 0 aliphatic carbocycles. The first-order chi connectivity index (χ1) is 14.3. The van der Waals surface area contributed by atoms with Crippen molar-refractivity contribution in [3.8, 4) is 16.9 Å². The molecule has 0 saturated heterocycles. The van der Waals surface area contributed by atoms with E-state index in [9.17, 15) is 14.7 Å². The van der Waals surface area contributed by atoms with Crippen LogP contribution in [0.15, 0.2) is 72.8 Å². The first kappa shape index (κ1) is 21.1. The minimum Gasteiger partial charge on any atom is -0.508 e. The van der Waals surface area contributed by atoms with E-state index in [1.807, 2.05) is 24.3 Å². The van der Waals surface area contributed by atoms with E-state index in [2.05, 4.69) is 19.2 Å². The van der Waals surface area contributed by atoms with Crippen LogP contribution in [0.2, 0.25) is 0 Å². The maximum Gasteiger partial charge on any atom is 0.338 e. The van der Waals surface area contributed by atoms with Gasteiger partial charge in [-0.2, -0.15) is 0 Å². The van der Waals surface area contributed by atoms with Gasteiger partial charge < -0.3 is 15.2 Å². The molecule has 5 heteroatoms. The highest BCUT2D eigenvalue weighted by Crippen LogP contribution is 2.24. The average molecular weight is 403 g/mol. The second-order valence-electron chi connectivity index (χ2n) is 7.40. The van der Waals surface area contributed by atoms with Crippen molar-refractivity contribution in [3.05, 3.63) is 83.9 Å². The fourth-order valence-corrected chi connectivity index (χ4v) is 3.08. The van der Waals surface area contributed by atoms with Gasteiger partial charge in [-0.15, -0.1) is 0 Å². The van der Waals surface area contributed by atoms with Crippen LogP contribution in [0.5, 0.6) is 5.75 Å². The van der Waals surface area contributed by atoms with Gasteiger partial charge in [0, 0.05) is 5.69 Å². The Hall–Kier alpha value is -3.60. The van der Waals surface area contributed by atoms with Crippen molar-refractivity contribution in [2.24, 2.45) is 0 Å². The van der Waals surface area contributed by atoms with Gasteiger partial charge in [-0.3, -0.25) is 4.79 Å². The number of carbonyl (C=O) groups is 2. The Kier molecular flexibility index (Phi) is 6.52. The summed E-state index contributed by atoms with van der Waals surface area (Å²) in [5.74, 6) is -0.488. The summed E-state index contributed by atoms with van der Waals surface area (Å²) in [5.41, 5.74) is 3.93. The molecule has 0 heterocycles. The van der Waals surface area contributed by atoms with Crippen molar-refractivity contribution in [3.63, 3.8) is 0 Å². The lowest BCUT2D eigenvalue weighted by Crippen LogP contribution is -2.30. The standard InChI is InChI=1S/C25H25NO4/c1-16(2)22-6-4-5-7-23(22)26-24(28)17(3)30-25(29)20-10-8-18(9-11-20)19-12-14-21(27)15-13-19/h4-17,27H,1-3H3,(H,26,28)/t17-/m1/s1. The maximum atomic E-state index is 12.5. The van der Waals surface area contributed by atoms with Gasteiger partial charge in [0.15, 0.2) is 6.10 Å². The fraction of sp³-hybridized carbons (Fsp3) is 0.200. The molecule has 0 radical (unpaired) electrons. The normalized spacial score (nSPS) is 11.7. The lowest BCUT2D eigenvalue weighted by molar-refractivity contribution is -0.123. The lowest BCUT2D eigenvalue weighted by Gasteiger charge is -2.17. The van der Waals surface area contributed by atoms with Crippen LogP contribution in [-0.4, -0.2) is 23.1 Å². The summed E-state index contributed by atoms with van der Waals surface area (Å²) in [7, 11) is 0. The number of phenolic OH excluding ortho intramolecular Hbond substituents is 1. The van der Waals surface area contributed by atoms with Gasteiger partial charge in [-0.25, -0.2) is 4.79 Å². The Morgan fingerprint density at radius 3 is 2.00 bits per heavy atom. The Morgan fingerprint density at radius 1 is 0.833 bits per heavy atom. The van der Waals surface area contributed by atoms with E-state index in [0.29, 0.717) is 5.56 Å². The summed E-state index contributed by atoms with van der Waals surface area (Å²) in [6, 6.07) is 21.3. The lowest BCUT2D eigenvalue weighted by atomic mass is 10.0. The summed E-state index contributed by atoms with van der Waals surface area (Å²) in [6.45, 7) is 5.66.